The minimum absolute atomic E-state index is 0. The van der Waals surface area contributed by atoms with Crippen LogP contribution in [0.25, 0.3) is 16.8 Å². The largest absolute Gasteiger partial charge is 0.497 e. The van der Waals surface area contributed by atoms with E-state index in [2.05, 4.69) is 48.6 Å². The molecule has 0 amide bonds. The van der Waals surface area contributed by atoms with Crippen molar-refractivity contribution in [3.05, 3.63) is 78.1 Å². The van der Waals surface area contributed by atoms with E-state index < -0.39 is 0 Å². The molecule has 5 rings (SSSR count). The summed E-state index contributed by atoms with van der Waals surface area (Å²) in [6.45, 7) is 0.733. The average molecular weight is 365 g/mol. The van der Waals surface area contributed by atoms with Gasteiger partial charge in [-0.3, -0.25) is 4.79 Å². The van der Waals surface area contributed by atoms with Crippen molar-refractivity contribution in [2.75, 3.05) is 6.61 Å². The van der Waals surface area contributed by atoms with E-state index in [-0.39, 0.29) is 19.4 Å². The highest BCUT2D eigenvalue weighted by atomic mass is 32.1. The Bertz CT molecular complexity index is 867. The van der Waals surface area contributed by atoms with Gasteiger partial charge >= 0.3 is 0 Å². The van der Waals surface area contributed by atoms with Crippen LogP contribution in [0.4, 0.5) is 0 Å². The predicted octanol–water partition coefficient (Wildman–Crippen LogP) is 5.52. The molecule has 1 aliphatic heterocycles. The van der Waals surface area contributed by atoms with E-state index in [0.29, 0.717) is 11.7 Å². The molecule has 0 bridgehead atoms. The number of benzene rings is 2. The zero-order chi connectivity index (χ0) is 17.1. The fraction of sp³-hybridized carbons (Fsp3) is 0.261. The summed E-state index contributed by atoms with van der Waals surface area (Å²) in [7, 11) is 0. The normalized spacial score (nSPS) is 22.4. The molecule has 0 aromatic heterocycles. The van der Waals surface area contributed by atoms with Gasteiger partial charge in [0.25, 0.3) is 0 Å². The van der Waals surface area contributed by atoms with E-state index in [1.165, 1.54) is 21.9 Å². The van der Waals surface area contributed by atoms with Crippen molar-refractivity contribution in [3.63, 3.8) is 0 Å². The molecular weight excluding hydrogens is 340 g/mol. The van der Waals surface area contributed by atoms with Gasteiger partial charge < -0.3 is 4.74 Å². The van der Waals surface area contributed by atoms with Crippen molar-refractivity contribution in [1.82, 2.24) is 0 Å². The third-order valence-corrected chi connectivity index (χ3v) is 5.23. The number of hydrogen-bond acceptors (Lipinski definition) is 2. The number of carbonyl (C=O) groups is 1. The number of rotatable bonds is 0. The Balaban J connectivity index is 0.000000241. The molecule has 2 aromatic carbocycles. The molecule has 1 saturated carbocycles. The standard InChI is InChI=1S/C18H16O.C5H6O.H2S/c19-18-7-3-6-14-16-9-8-12-4-1-2-5-13(12)15(16)10-11-17(14)18;1-2-4-6-5-3-1;/h1-2,4-5,8-11,14,17H,3,6-7H2;1-4H,5H2;1H2. The fourth-order valence-electron chi connectivity index (χ4n) is 4.03. The van der Waals surface area contributed by atoms with E-state index >= 15 is 0 Å². The number of fused-ring (bicyclic) bond motifs is 5. The SMILES string of the molecule is C1=CCOC=C1.O=C1CCCC2c3ccc4ccccc4c3C=CC12.S. The molecule has 2 nitrogen and oxygen atoms in total. The molecule has 2 unspecified atom stereocenters. The second kappa shape index (κ2) is 8.41. The number of allylic oxidation sites excluding steroid dienone is 3. The lowest BCUT2D eigenvalue weighted by Crippen LogP contribution is -2.27. The van der Waals surface area contributed by atoms with Gasteiger partial charge in [0.2, 0.25) is 0 Å². The van der Waals surface area contributed by atoms with Crippen molar-refractivity contribution >= 4 is 36.1 Å². The first kappa shape index (κ1) is 18.5. The molecule has 134 valence electrons. The number of hydrogen-bond donors (Lipinski definition) is 0. The molecule has 0 spiro atoms. The smallest absolute Gasteiger partial charge is 0.140 e. The highest BCUT2D eigenvalue weighted by molar-refractivity contribution is 7.59. The summed E-state index contributed by atoms with van der Waals surface area (Å²) in [6.07, 6.45) is 14.7. The molecule has 3 aliphatic rings. The highest BCUT2D eigenvalue weighted by Crippen LogP contribution is 2.43. The topological polar surface area (TPSA) is 26.3 Å². The third-order valence-electron chi connectivity index (χ3n) is 5.23. The summed E-state index contributed by atoms with van der Waals surface area (Å²) < 4.78 is 4.80. The minimum Gasteiger partial charge on any atom is -0.497 e. The van der Waals surface area contributed by atoms with Crippen molar-refractivity contribution in [2.45, 2.75) is 25.2 Å². The molecule has 2 aromatic rings. The van der Waals surface area contributed by atoms with Gasteiger partial charge in [0.05, 0.1) is 6.26 Å². The average Bonchev–Trinajstić information content (AvgIpc) is 2.69. The number of carbonyl (C=O) groups excluding carboxylic acids is 1. The number of Topliss-reactive ketones (excluding diaryl/α,β-unsaturated/α-hetero) is 1. The Kier molecular flexibility index (Phi) is 6.00. The Labute approximate surface area is 161 Å². The number of ether oxygens (including phenoxy) is 1. The second-order valence-electron chi connectivity index (χ2n) is 6.73. The van der Waals surface area contributed by atoms with E-state index in [1.54, 1.807) is 6.26 Å². The Morgan fingerprint density at radius 1 is 1.04 bits per heavy atom. The molecule has 3 heteroatoms. The molecule has 26 heavy (non-hydrogen) atoms. The van der Waals surface area contributed by atoms with E-state index in [4.69, 9.17) is 4.74 Å². The zero-order valence-electron chi connectivity index (χ0n) is 14.7. The van der Waals surface area contributed by atoms with Crippen LogP contribution in [0, 0.1) is 5.92 Å². The summed E-state index contributed by atoms with van der Waals surface area (Å²) in [5.41, 5.74) is 2.70. The lowest BCUT2D eigenvalue weighted by Gasteiger charge is -2.33. The van der Waals surface area contributed by atoms with Crippen LogP contribution >= 0.6 is 13.5 Å². The fourth-order valence-corrected chi connectivity index (χ4v) is 4.03. The van der Waals surface area contributed by atoms with Gasteiger partial charge in [-0.2, -0.15) is 13.5 Å². The van der Waals surface area contributed by atoms with Crippen LogP contribution in [0.15, 0.2) is 67.0 Å². The maximum absolute atomic E-state index is 12.1. The molecule has 0 N–H and O–H groups in total. The lowest BCUT2D eigenvalue weighted by molar-refractivity contribution is -0.123. The van der Waals surface area contributed by atoms with Gasteiger partial charge in [-0.25, -0.2) is 0 Å². The maximum Gasteiger partial charge on any atom is 0.140 e. The third kappa shape index (κ3) is 3.63. The van der Waals surface area contributed by atoms with Gasteiger partial charge in [0.15, 0.2) is 0 Å². The molecular formula is C23H24O2S. The second-order valence-corrected chi connectivity index (χ2v) is 6.73. The molecule has 1 fully saturated rings. The van der Waals surface area contributed by atoms with Crippen LogP contribution in [0.2, 0.25) is 0 Å². The summed E-state index contributed by atoms with van der Waals surface area (Å²) >= 11 is 0. The first-order valence-corrected chi connectivity index (χ1v) is 9.00. The van der Waals surface area contributed by atoms with Gasteiger partial charge in [0.1, 0.15) is 12.4 Å². The summed E-state index contributed by atoms with van der Waals surface area (Å²) in [5.74, 6) is 0.958. The molecule has 0 saturated heterocycles. The van der Waals surface area contributed by atoms with Crippen molar-refractivity contribution in [2.24, 2.45) is 5.92 Å². The summed E-state index contributed by atoms with van der Waals surface area (Å²) in [6, 6.07) is 12.9. The van der Waals surface area contributed by atoms with Crippen molar-refractivity contribution < 1.29 is 9.53 Å². The Morgan fingerprint density at radius 2 is 1.92 bits per heavy atom. The molecule has 2 atom stereocenters. The van der Waals surface area contributed by atoms with E-state index in [1.807, 2.05) is 18.2 Å². The highest BCUT2D eigenvalue weighted by Gasteiger charge is 2.34. The molecule has 1 heterocycles. The Morgan fingerprint density at radius 3 is 2.65 bits per heavy atom. The van der Waals surface area contributed by atoms with Gasteiger partial charge in [-0.15, -0.1) is 0 Å². The lowest BCUT2D eigenvalue weighted by atomic mass is 9.70. The van der Waals surface area contributed by atoms with E-state index in [9.17, 15) is 4.79 Å². The molecule has 2 aliphatic carbocycles. The zero-order valence-corrected chi connectivity index (χ0v) is 15.7. The van der Waals surface area contributed by atoms with Crippen LogP contribution in [0.1, 0.15) is 36.3 Å². The minimum atomic E-state index is 0. The first-order valence-electron chi connectivity index (χ1n) is 9.00. The van der Waals surface area contributed by atoms with Crippen LogP contribution < -0.4 is 0 Å². The quantitative estimate of drug-likeness (QED) is 0.615. The monoisotopic (exact) mass is 364 g/mol. The van der Waals surface area contributed by atoms with Crippen LogP contribution in [-0.4, -0.2) is 12.4 Å². The van der Waals surface area contributed by atoms with Gasteiger partial charge in [-0.05, 0) is 52.8 Å². The first-order chi connectivity index (χ1) is 12.3. The summed E-state index contributed by atoms with van der Waals surface area (Å²) in [4.78, 5) is 12.1. The van der Waals surface area contributed by atoms with Crippen molar-refractivity contribution in [3.8, 4) is 0 Å². The number of ketones is 1. The van der Waals surface area contributed by atoms with Gasteiger partial charge in [0, 0.05) is 12.3 Å². The van der Waals surface area contributed by atoms with Crippen LogP contribution in [0.3, 0.4) is 0 Å². The van der Waals surface area contributed by atoms with Gasteiger partial charge in [-0.1, -0.05) is 54.6 Å². The van der Waals surface area contributed by atoms with Crippen molar-refractivity contribution in [1.29, 1.82) is 0 Å². The van der Waals surface area contributed by atoms with Crippen LogP contribution in [-0.2, 0) is 9.53 Å². The van der Waals surface area contributed by atoms with Crippen LogP contribution in [0.5, 0.6) is 0 Å². The molecule has 0 radical (unpaired) electrons. The predicted molar refractivity (Wildman–Crippen MR) is 113 cm³/mol. The van der Waals surface area contributed by atoms with E-state index in [0.717, 1.165) is 25.9 Å². The summed E-state index contributed by atoms with van der Waals surface area (Å²) in [5, 5.41) is 2.60. The Hall–Kier alpha value is -2.26. The maximum atomic E-state index is 12.1.